The normalized spacial score (nSPS) is 13.9. The van der Waals surface area contributed by atoms with Crippen molar-refractivity contribution in [3.63, 3.8) is 0 Å². The van der Waals surface area contributed by atoms with Gasteiger partial charge in [0, 0.05) is 42.2 Å². The van der Waals surface area contributed by atoms with Crippen LogP contribution < -0.4 is 10.9 Å². The summed E-state index contributed by atoms with van der Waals surface area (Å²) in [5.41, 5.74) is 3.43. The quantitative estimate of drug-likeness (QED) is 0.550. The van der Waals surface area contributed by atoms with Gasteiger partial charge in [0.15, 0.2) is 0 Å². The minimum Gasteiger partial charge on any atom is -0.361 e. The number of carbonyl (C=O) groups excluding carboxylic acids is 1. The van der Waals surface area contributed by atoms with E-state index < -0.39 is 0 Å². The van der Waals surface area contributed by atoms with E-state index in [0.29, 0.717) is 23.0 Å². The van der Waals surface area contributed by atoms with Crippen molar-refractivity contribution in [3.05, 3.63) is 76.0 Å². The number of aryl methyl sites for hydroxylation is 1. The number of H-pyrrole nitrogens is 1. The summed E-state index contributed by atoms with van der Waals surface area (Å²) in [6.07, 6.45) is 6.73. The second-order valence-corrected chi connectivity index (χ2v) is 7.89. The second kappa shape index (κ2) is 7.78. The first-order valence-electron chi connectivity index (χ1n) is 10.6. The maximum atomic E-state index is 12.8. The molecule has 2 aromatic heterocycles. The van der Waals surface area contributed by atoms with Crippen LogP contribution in [0.3, 0.4) is 0 Å². The lowest BCUT2D eigenvalue weighted by atomic mass is 10.1. The number of aromatic amines is 1. The SMILES string of the molecule is O=C(NCCc1c[nH]c2ccccc12)c1ccc2c(=O)n3c(nc2c1)CCCCC3. The van der Waals surface area contributed by atoms with E-state index >= 15 is 0 Å². The Morgan fingerprint density at radius 3 is 2.93 bits per heavy atom. The molecule has 1 amide bonds. The zero-order valence-corrected chi connectivity index (χ0v) is 16.8. The van der Waals surface area contributed by atoms with Gasteiger partial charge in [0.2, 0.25) is 0 Å². The molecule has 0 radical (unpaired) electrons. The fourth-order valence-electron chi connectivity index (χ4n) is 4.31. The third-order valence-corrected chi connectivity index (χ3v) is 5.93. The van der Waals surface area contributed by atoms with Crippen molar-refractivity contribution in [1.82, 2.24) is 19.9 Å². The molecule has 6 nitrogen and oxygen atoms in total. The van der Waals surface area contributed by atoms with Crippen LogP contribution in [0.15, 0.2) is 53.5 Å². The van der Waals surface area contributed by atoms with Crippen molar-refractivity contribution < 1.29 is 4.79 Å². The third kappa shape index (κ3) is 3.38. The summed E-state index contributed by atoms with van der Waals surface area (Å²) in [7, 11) is 0. The van der Waals surface area contributed by atoms with Crippen molar-refractivity contribution in [2.24, 2.45) is 0 Å². The summed E-state index contributed by atoms with van der Waals surface area (Å²) in [5, 5.41) is 4.75. The Balaban J connectivity index is 1.34. The number of rotatable bonds is 4. The van der Waals surface area contributed by atoms with Gasteiger partial charge in [-0.05, 0) is 49.1 Å². The molecule has 0 atom stereocenters. The molecule has 0 bridgehead atoms. The number of benzene rings is 2. The zero-order chi connectivity index (χ0) is 20.5. The molecular formula is C24H24N4O2. The number of aromatic nitrogens is 3. The largest absolute Gasteiger partial charge is 0.361 e. The maximum absolute atomic E-state index is 12.8. The Bertz CT molecular complexity index is 1300. The van der Waals surface area contributed by atoms with Gasteiger partial charge in [-0.1, -0.05) is 24.6 Å². The standard InChI is InChI=1S/C24H24N4O2/c29-23(25-12-11-17-15-26-20-7-4-3-6-18(17)20)16-9-10-19-21(14-16)27-22-8-2-1-5-13-28(22)24(19)30/h3-4,6-7,9-10,14-15,26H,1-2,5,8,11-13H2,(H,25,29). The summed E-state index contributed by atoms with van der Waals surface area (Å²) in [4.78, 5) is 33.5. The molecule has 5 rings (SSSR count). The number of para-hydroxylation sites is 1. The second-order valence-electron chi connectivity index (χ2n) is 7.89. The van der Waals surface area contributed by atoms with E-state index in [1.807, 2.05) is 24.4 Å². The highest BCUT2D eigenvalue weighted by Gasteiger charge is 2.15. The first kappa shape index (κ1) is 18.6. The lowest BCUT2D eigenvalue weighted by molar-refractivity contribution is 0.0954. The van der Waals surface area contributed by atoms with Gasteiger partial charge in [0.05, 0.1) is 10.9 Å². The van der Waals surface area contributed by atoms with Gasteiger partial charge in [0.25, 0.3) is 11.5 Å². The summed E-state index contributed by atoms with van der Waals surface area (Å²) in [5.74, 6) is 0.690. The van der Waals surface area contributed by atoms with Crippen LogP contribution in [0.4, 0.5) is 0 Å². The van der Waals surface area contributed by atoms with Crippen molar-refractivity contribution >= 4 is 27.7 Å². The predicted molar refractivity (Wildman–Crippen MR) is 118 cm³/mol. The molecule has 6 heteroatoms. The van der Waals surface area contributed by atoms with Gasteiger partial charge >= 0.3 is 0 Å². The van der Waals surface area contributed by atoms with Crippen LogP contribution in [0.5, 0.6) is 0 Å². The molecule has 152 valence electrons. The van der Waals surface area contributed by atoms with Crippen LogP contribution in [0.1, 0.15) is 41.0 Å². The Morgan fingerprint density at radius 1 is 1.10 bits per heavy atom. The number of nitrogens with one attached hydrogen (secondary N) is 2. The molecule has 0 aliphatic carbocycles. The molecule has 4 aromatic rings. The highest BCUT2D eigenvalue weighted by Crippen LogP contribution is 2.18. The van der Waals surface area contributed by atoms with Crippen molar-refractivity contribution in [3.8, 4) is 0 Å². The van der Waals surface area contributed by atoms with Crippen LogP contribution in [-0.4, -0.2) is 27.0 Å². The molecule has 0 saturated carbocycles. The number of amides is 1. The van der Waals surface area contributed by atoms with Gasteiger partial charge in [-0.3, -0.25) is 14.2 Å². The molecule has 2 aromatic carbocycles. The van der Waals surface area contributed by atoms with Gasteiger partial charge in [-0.15, -0.1) is 0 Å². The van der Waals surface area contributed by atoms with Crippen molar-refractivity contribution in [2.45, 2.75) is 38.6 Å². The van der Waals surface area contributed by atoms with Gasteiger partial charge in [-0.25, -0.2) is 4.98 Å². The molecule has 1 aliphatic heterocycles. The Labute approximate surface area is 173 Å². The molecule has 1 aliphatic rings. The highest BCUT2D eigenvalue weighted by atomic mass is 16.1. The average Bonchev–Trinajstić information content (AvgIpc) is 3.02. The van der Waals surface area contributed by atoms with Gasteiger partial charge < -0.3 is 10.3 Å². The molecule has 0 unspecified atom stereocenters. The minimum absolute atomic E-state index is 0.00296. The van der Waals surface area contributed by atoms with E-state index in [0.717, 1.165) is 50.0 Å². The van der Waals surface area contributed by atoms with E-state index in [9.17, 15) is 9.59 Å². The average molecular weight is 400 g/mol. The smallest absolute Gasteiger partial charge is 0.261 e. The van der Waals surface area contributed by atoms with Crippen molar-refractivity contribution in [2.75, 3.05) is 6.54 Å². The maximum Gasteiger partial charge on any atom is 0.261 e. The molecule has 0 fully saturated rings. The topological polar surface area (TPSA) is 79.8 Å². The van der Waals surface area contributed by atoms with Crippen LogP contribution in [0, 0.1) is 0 Å². The molecular weight excluding hydrogens is 376 g/mol. The first-order valence-corrected chi connectivity index (χ1v) is 10.6. The predicted octanol–water partition coefficient (Wildman–Crippen LogP) is 3.58. The number of hydrogen-bond acceptors (Lipinski definition) is 3. The van der Waals surface area contributed by atoms with Gasteiger partial charge in [-0.2, -0.15) is 0 Å². The van der Waals surface area contributed by atoms with Crippen LogP contribution >= 0.6 is 0 Å². The zero-order valence-electron chi connectivity index (χ0n) is 16.8. The molecule has 0 saturated heterocycles. The third-order valence-electron chi connectivity index (χ3n) is 5.93. The lowest BCUT2D eigenvalue weighted by Gasteiger charge is -2.11. The molecule has 30 heavy (non-hydrogen) atoms. The first-order chi connectivity index (χ1) is 14.7. The van der Waals surface area contributed by atoms with E-state index in [1.54, 1.807) is 22.8 Å². The monoisotopic (exact) mass is 400 g/mol. The number of fused-ring (bicyclic) bond motifs is 3. The molecule has 3 heterocycles. The lowest BCUT2D eigenvalue weighted by Crippen LogP contribution is -2.27. The van der Waals surface area contributed by atoms with E-state index in [4.69, 9.17) is 4.98 Å². The van der Waals surface area contributed by atoms with Crippen molar-refractivity contribution in [1.29, 1.82) is 0 Å². The number of carbonyl (C=O) groups is 1. The Kier molecular flexibility index (Phi) is 4.83. The minimum atomic E-state index is -0.145. The summed E-state index contributed by atoms with van der Waals surface area (Å²) < 4.78 is 1.80. The fourth-order valence-corrected chi connectivity index (χ4v) is 4.31. The van der Waals surface area contributed by atoms with E-state index in [-0.39, 0.29) is 11.5 Å². The fraction of sp³-hybridized carbons (Fsp3) is 0.292. The Morgan fingerprint density at radius 2 is 2.00 bits per heavy atom. The summed E-state index contributed by atoms with van der Waals surface area (Å²) >= 11 is 0. The summed E-state index contributed by atoms with van der Waals surface area (Å²) in [6.45, 7) is 1.27. The summed E-state index contributed by atoms with van der Waals surface area (Å²) in [6, 6.07) is 13.3. The van der Waals surface area contributed by atoms with E-state index in [1.165, 1.54) is 10.9 Å². The number of hydrogen-bond donors (Lipinski definition) is 2. The number of nitrogens with zero attached hydrogens (tertiary/aromatic N) is 2. The van der Waals surface area contributed by atoms with Crippen LogP contribution in [-0.2, 0) is 19.4 Å². The molecule has 0 spiro atoms. The molecule has 2 N–H and O–H groups in total. The van der Waals surface area contributed by atoms with E-state index in [2.05, 4.69) is 16.4 Å². The highest BCUT2D eigenvalue weighted by molar-refractivity contribution is 5.97. The van der Waals surface area contributed by atoms with Crippen LogP contribution in [0.2, 0.25) is 0 Å². The van der Waals surface area contributed by atoms with Gasteiger partial charge in [0.1, 0.15) is 5.82 Å². The van der Waals surface area contributed by atoms with Crippen LogP contribution in [0.25, 0.3) is 21.8 Å². The Hall–Kier alpha value is -3.41.